The second-order valence-electron chi connectivity index (χ2n) is 10.4. The Balaban J connectivity index is 1.48. The van der Waals surface area contributed by atoms with E-state index in [1.54, 1.807) is 24.9 Å². The van der Waals surface area contributed by atoms with Gasteiger partial charge in [0.05, 0.1) is 17.3 Å². The van der Waals surface area contributed by atoms with Gasteiger partial charge in [0.1, 0.15) is 11.9 Å². The minimum atomic E-state index is -0.728. The van der Waals surface area contributed by atoms with Crippen molar-refractivity contribution in [3.8, 4) is 11.8 Å². The van der Waals surface area contributed by atoms with Crippen LogP contribution in [0.2, 0.25) is 0 Å². The van der Waals surface area contributed by atoms with Crippen LogP contribution in [-0.2, 0) is 14.3 Å². The smallest absolute Gasteiger partial charge is 0.388 e. The largest absolute Gasteiger partial charge is 0.481 e. The molecule has 0 radical (unpaired) electrons. The number of aromatic nitrogens is 1. The molecule has 0 bridgehead atoms. The molecule has 8 nitrogen and oxygen atoms in total. The van der Waals surface area contributed by atoms with E-state index < -0.39 is 5.97 Å². The van der Waals surface area contributed by atoms with E-state index in [-0.39, 0.29) is 35.7 Å². The number of carbonyl (C=O) groups is 2. The van der Waals surface area contributed by atoms with Gasteiger partial charge in [0.15, 0.2) is 5.69 Å². The minimum Gasteiger partial charge on any atom is -0.481 e. The molecule has 3 aliphatic rings. The first-order valence-corrected chi connectivity index (χ1v) is 12.8. The SMILES string of the molecule is CC#CC(=O)N(c1ccc(NC)c(C(=[NH2+])OC2CC3C(C2)C3C(=O)O)n1)c1cc(C)c(C)cc1C1CC1. The second kappa shape index (κ2) is 9.55. The molecular formula is C29H33N4O4+. The Morgan fingerprint density at radius 2 is 1.84 bits per heavy atom. The maximum absolute atomic E-state index is 13.4. The van der Waals surface area contributed by atoms with Crippen molar-refractivity contribution in [3.05, 3.63) is 46.6 Å². The number of ether oxygens (including phenoxy) is 1. The van der Waals surface area contributed by atoms with E-state index in [9.17, 15) is 14.7 Å². The van der Waals surface area contributed by atoms with Gasteiger partial charge in [-0.2, -0.15) is 0 Å². The molecule has 1 amide bonds. The Morgan fingerprint density at radius 1 is 1.16 bits per heavy atom. The molecule has 2 unspecified atom stereocenters. The number of rotatable bonds is 7. The van der Waals surface area contributed by atoms with E-state index in [0.717, 1.165) is 29.7 Å². The van der Waals surface area contributed by atoms with Crippen LogP contribution in [0.15, 0.2) is 24.3 Å². The molecule has 4 N–H and O–H groups in total. The Labute approximate surface area is 216 Å². The van der Waals surface area contributed by atoms with Crippen LogP contribution in [0.4, 0.5) is 17.2 Å². The number of carbonyl (C=O) groups excluding carboxylic acids is 1. The highest BCUT2D eigenvalue weighted by atomic mass is 16.5. The van der Waals surface area contributed by atoms with Crippen molar-refractivity contribution < 1.29 is 24.8 Å². The third-order valence-corrected chi connectivity index (χ3v) is 7.93. The maximum Gasteiger partial charge on any atom is 0.388 e. The fourth-order valence-corrected chi connectivity index (χ4v) is 5.69. The van der Waals surface area contributed by atoms with Gasteiger partial charge in [0.2, 0.25) is 0 Å². The number of carboxylic acid groups (broad SMARTS) is 1. The number of nitrogens with one attached hydrogen (secondary N) is 1. The van der Waals surface area contributed by atoms with Crippen LogP contribution >= 0.6 is 0 Å². The summed E-state index contributed by atoms with van der Waals surface area (Å²) in [5.41, 5.74) is 5.27. The fourth-order valence-electron chi connectivity index (χ4n) is 5.69. The number of benzene rings is 1. The molecule has 2 atom stereocenters. The quantitative estimate of drug-likeness (QED) is 0.305. The van der Waals surface area contributed by atoms with Gasteiger partial charge in [-0.15, -0.1) is 0 Å². The summed E-state index contributed by atoms with van der Waals surface area (Å²) in [6.07, 6.45) is 3.37. The lowest BCUT2D eigenvalue weighted by Crippen LogP contribution is -2.45. The van der Waals surface area contributed by atoms with Gasteiger partial charge in [0, 0.05) is 7.05 Å². The predicted octanol–water partition coefficient (Wildman–Crippen LogP) is 2.94. The number of nitrogens with zero attached hydrogens (tertiary/aromatic N) is 2. The normalized spacial score (nSPS) is 23.4. The van der Waals surface area contributed by atoms with Crippen LogP contribution in [0.3, 0.4) is 0 Å². The summed E-state index contributed by atoms with van der Waals surface area (Å²) in [6.45, 7) is 5.76. The van der Waals surface area contributed by atoms with Gasteiger partial charge in [0.25, 0.3) is 0 Å². The molecule has 1 aromatic carbocycles. The topological polar surface area (TPSA) is 117 Å². The van der Waals surface area contributed by atoms with Gasteiger partial charge >= 0.3 is 17.8 Å². The molecule has 8 heteroatoms. The van der Waals surface area contributed by atoms with Crippen molar-refractivity contribution in [3.63, 3.8) is 0 Å². The van der Waals surface area contributed by atoms with Crippen molar-refractivity contribution in [2.45, 2.75) is 58.5 Å². The van der Waals surface area contributed by atoms with Gasteiger partial charge in [-0.1, -0.05) is 12.0 Å². The van der Waals surface area contributed by atoms with E-state index in [4.69, 9.17) is 15.1 Å². The summed E-state index contributed by atoms with van der Waals surface area (Å²) < 4.78 is 6.09. The van der Waals surface area contributed by atoms with Crippen molar-refractivity contribution in [2.75, 3.05) is 17.3 Å². The summed E-state index contributed by atoms with van der Waals surface area (Å²) in [7, 11) is 1.77. The average molecular weight is 502 g/mol. The zero-order valence-corrected chi connectivity index (χ0v) is 21.7. The van der Waals surface area contributed by atoms with E-state index in [0.29, 0.717) is 36.0 Å². The Bertz CT molecular complexity index is 1340. The summed E-state index contributed by atoms with van der Waals surface area (Å²) >= 11 is 0. The zero-order chi connectivity index (χ0) is 26.4. The number of carboxylic acids is 1. The number of hydrogen-bond donors (Lipinski definition) is 3. The summed E-state index contributed by atoms with van der Waals surface area (Å²) in [6, 6.07) is 7.83. The molecule has 37 heavy (non-hydrogen) atoms. The molecule has 0 aliphatic heterocycles. The highest BCUT2D eigenvalue weighted by Crippen LogP contribution is 2.58. The Morgan fingerprint density at radius 3 is 2.43 bits per heavy atom. The molecule has 192 valence electrons. The Kier molecular flexibility index (Phi) is 6.40. The zero-order valence-electron chi connectivity index (χ0n) is 21.7. The molecule has 1 aromatic heterocycles. The Hall–Kier alpha value is -3.86. The first-order valence-electron chi connectivity index (χ1n) is 12.8. The summed E-state index contributed by atoms with van der Waals surface area (Å²) in [5.74, 6) is 5.37. The van der Waals surface area contributed by atoms with Crippen molar-refractivity contribution in [1.82, 2.24) is 4.98 Å². The number of pyridine rings is 1. The van der Waals surface area contributed by atoms with E-state index in [1.165, 1.54) is 5.56 Å². The highest BCUT2D eigenvalue weighted by Gasteiger charge is 2.61. The average Bonchev–Trinajstić information content (AvgIpc) is 3.78. The molecule has 0 spiro atoms. The van der Waals surface area contributed by atoms with Crippen LogP contribution in [0.1, 0.15) is 60.9 Å². The van der Waals surface area contributed by atoms with E-state index >= 15 is 0 Å². The molecule has 3 aliphatic carbocycles. The lowest BCUT2D eigenvalue weighted by Gasteiger charge is -2.25. The summed E-state index contributed by atoms with van der Waals surface area (Å²) in [4.78, 5) is 31.0. The standard InChI is InChI=1S/C29H32N4O4/c1-5-6-25(34)33(23-12-16(3)15(2)11-19(23)17-7-8-17)24-10-9-22(31-4)27(32-24)28(30)37-18-13-20-21(14-18)26(20)29(35)36/h9-12,17-18,20-21,26,30-31H,7-8,13-14H2,1-4H3,(H,35,36)/p+1. The van der Waals surface area contributed by atoms with Crippen LogP contribution in [-0.4, -0.2) is 41.0 Å². The maximum atomic E-state index is 13.4. The number of anilines is 3. The fraction of sp³-hybridized carbons (Fsp3) is 0.448. The number of hydrogen-bond acceptors (Lipinski definition) is 5. The first-order chi connectivity index (χ1) is 17.7. The molecule has 5 rings (SSSR count). The number of fused-ring (bicyclic) bond motifs is 1. The monoisotopic (exact) mass is 501 g/mol. The van der Waals surface area contributed by atoms with Gasteiger partial charge < -0.3 is 15.2 Å². The predicted molar refractivity (Wildman–Crippen MR) is 141 cm³/mol. The molecular weight excluding hydrogens is 468 g/mol. The van der Waals surface area contributed by atoms with E-state index in [1.807, 2.05) is 19.1 Å². The van der Waals surface area contributed by atoms with Crippen LogP contribution in [0.5, 0.6) is 0 Å². The molecule has 1 heterocycles. The van der Waals surface area contributed by atoms with E-state index in [2.05, 4.69) is 30.1 Å². The van der Waals surface area contributed by atoms with Gasteiger partial charge in [-0.3, -0.25) is 14.5 Å². The third-order valence-electron chi connectivity index (χ3n) is 7.93. The molecule has 3 fully saturated rings. The second-order valence-corrected chi connectivity index (χ2v) is 10.4. The third kappa shape index (κ3) is 4.66. The molecule has 2 aromatic rings. The minimum absolute atomic E-state index is 0.148. The number of aliphatic carboxylic acids is 1. The van der Waals surface area contributed by atoms with Crippen LogP contribution in [0, 0.1) is 43.4 Å². The number of nitrogens with two attached hydrogens (primary N) is 1. The van der Waals surface area contributed by atoms with Crippen molar-refractivity contribution >= 4 is 35.0 Å². The number of amides is 1. The van der Waals surface area contributed by atoms with Gasteiger partial charge in [-0.25, -0.2) is 10.4 Å². The van der Waals surface area contributed by atoms with Gasteiger partial charge in [-0.05, 0) is 105 Å². The lowest BCUT2D eigenvalue weighted by atomic mass is 9.99. The van der Waals surface area contributed by atoms with Crippen molar-refractivity contribution in [2.24, 2.45) is 17.8 Å². The first kappa shape index (κ1) is 24.8. The summed E-state index contributed by atoms with van der Waals surface area (Å²) in [5, 5.41) is 18.8. The van der Waals surface area contributed by atoms with Crippen LogP contribution in [0.25, 0.3) is 0 Å². The molecule has 0 saturated heterocycles. The number of aryl methyl sites for hydroxylation is 2. The van der Waals surface area contributed by atoms with Crippen LogP contribution < -0.4 is 15.6 Å². The van der Waals surface area contributed by atoms with Crippen molar-refractivity contribution in [1.29, 1.82) is 0 Å². The highest BCUT2D eigenvalue weighted by molar-refractivity contribution is 6.11. The molecule has 3 saturated carbocycles. The lowest BCUT2D eigenvalue weighted by molar-refractivity contribution is -0.145.